The van der Waals surface area contributed by atoms with Gasteiger partial charge in [-0.2, -0.15) is 0 Å². The summed E-state index contributed by atoms with van der Waals surface area (Å²) in [4.78, 5) is 11.9. The van der Waals surface area contributed by atoms with Crippen LogP contribution in [0.1, 0.15) is 32.6 Å². The minimum atomic E-state index is 0.0189. The smallest absolute Gasteiger partial charge is 0.223 e. The zero-order valence-corrected chi connectivity index (χ0v) is 9.95. The summed E-state index contributed by atoms with van der Waals surface area (Å²) in [5.74, 6) is 0.842. The van der Waals surface area contributed by atoms with Crippen LogP contribution in [0.25, 0.3) is 0 Å². The lowest BCUT2D eigenvalue weighted by molar-refractivity contribution is -0.125. The highest BCUT2D eigenvalue weighted by molar-refractivity contribution is 5.78. The molecule has 1 heterocycles. The lowest BCUT2D eigenvalue weighted by atomic mass is 10.0. The van der Waals surface area contributed by atoms with Crippen LogP contribution in [-0.4, -0.2) is 31.2 Å². The Hall–Kier alpha value is -0.610. The Balaban J connectivity index is 1.81. The van der Waals surface area contributed by atoms with Gasteiger partial charge in [0.1, 0.15) is 0 Å². The van der Waals surface area contributed by atoms with E-state index in [0.29, 0.717) is 12.5 Å². The zero-order valence-electron chi connectivity index (χ0n) is 9.95. The van der Waals surface area contributed by atoms with Crippen LogP contribution in [-0.2, 0) is 9.53 Å². The molecule has 2 rings (SSSR count). The summed E-state index contributed by atoms with van der Waals surface area (Å²) in [6, 6.07) is 0.236. The Bertz CT molecular complexity index is 253. The molecule has 3 atom stereocenters. The molecule has 1 saturated carbocycles. The number of nitrogens with one attached hydrogen (secondary N) is 1. The first kappa shape index (κ1) is 11.9. The fraction of sp³-hybridized carbons (Fsp3) is 0.917. The van der Waals surface area contributed by atoms with Gasteiger partial charge in [0.25, 0.3) is 0 Å². The number of carbonyl (C=O) groups excluding carboxylic acids is 1. The van der Waals surface area contributed by atoms with Gasteiger partial charge >= 0.3 is 0 Å². The summed E-state index contributed by atoms with van der Waals surface area (Å²) >= 11 is 0. The van der Waals surface area contributed by atoms with E-state index in [2.05, 4.69) is 5.32 Å². The van der Waals surface area contributed by atoms with E-state index in [9.17, 15) is 4.79 Å². The number of carbonyl (C=O) groups is 1. The fourth-order valence-corrected chi connectivity index (χ4v) is 2.36. The van der Waals surface area contributed by atoms with Gasteiger partial charge in [-0.25, -0.2) is 0 Å². The van der Waals surface area contributed by atoms with E-state index in [1.54, 1.807) is 0 Å². The van der Waals surface area contributed by atoms with Crippen molar-refractivity contribution in [1.82, 2.24) is 5.32 Å². The maximum Gasteiger partial charge on any atom is 0.223 e. The molecule has 1 aliphatic carbocycles. The predicted molar refractivity (Wildman–Crippen MR) is 61.8 cm³/mol. The highest BCUT2D eigenvalue weighted by atomic mass is 16.5. The van der Waals surface area contributed by atoms with Crippen LogP contribution in [0.3, 0.4) is 0 Å². The third-order valence-electron chi connectivity index (χ3n) is 3.60. The van der Waals surface area contributed by atoms with E-state index >= 15 is 0 Å². The lowest BCUT2D eigenvalue weighted by Crippen LogP contribution is -2.43. The maximum atomic E-state index is 11.9. The fourth-order valence-electron chi connectivity index (χ4n) is 2.36. The normalized spacial score (nSPS) is 31.4. The zero-order chi connectivity index (χ0) is 11.5. The molecule has 16 heavy (non-hydrogen) atoms. The molecule has 0 radical (unpaired) electrons. The van der Waals surface area contributed by atoms with Gasteiger partial charge in [0.15, 0.2) is 0 Å². The van der Waals surface area contributed by atoms with Crippen molar-refractivity contribution < 1.29 is 9.53 Å². The standard InChI is InChI=1S/C12H22N2O2/c1-8(4-6-13)12(15)14-10-5-7-16-11(10)9-2-3-9/h8-11H,2-7,13H2,1H3,(H,14,15). The van der Waals surface area contributed by atoms with Crippen molar-refractivity contribution in [2.75, 3.05) is 13.2 Å². The van der Waals surface area contributed by atoms with E-state index in [1.165, 1.54) is 12.8 Å². The average Bonchev–Trinajstić information content (AvgIpc) is 3.00. The van der Waals surface area contributed by atoms with E-state index < -0.39 is 0 Å². The van der Waals surface area contributed by atoms with Crippen LogP contribution in [0, 0.1) is 11.8 Å². The van der Waals surface area contributed by atoms with E-state index in [0.717, 1.165) is 19.4 Å². The molecule has 92 valence electrons. The second-order valence-electron chi connectivity index (χ2n) is 5.05. The van der Waals surface area contributed by atoms with Crippen molar-refractivity contribution in [3.8, 4) is 0 Å². The van der Waals surface area contributed by atoms with Crippen molar-refractivity contribution in [2.45, 2.75) is 44.8 Å². The maximum absolute atomic E-state index is 11.9. The highest BCUT2D eigenvalue weighted by Gasteiger charge is 2.41. The predicted octanol–water partition coefficient (Wildman–Crippen LogP) is 0.655. The molecular weight excluding hydrogens is 204 g/mol. The SMILES string of the molecule is CC(CCN)C(=O)NC1CCOC1C1CC1. The molecule has 2 fully saturated rings. The largest absolute Gasteiger partial charge is 0.376 e. The number of hydrogen-bond donors (Lipinski definition) is 2. The lowest BCUT2D eigenvalue weighted by Gasteiger charge is -2.21. The quantitative estimate of drug-likeness (QED) is 0.723. The molecular formula is C12H22N2O2. The minimum absolute atomic E-state index is 0.0189. The molecule has 0 aromatic heterocycles. The van der Waals surface area contributed by atoms with Gasteiger partial charge in [0.2, 0.25) is 5.91 Å². The van der Waals surface area contributed by atoms with Crippen LogP contribution in [0.2, 0.25) is 0 Å². The van der Waals surface area contributed by atoms with Crippen molar-refractivity contribution in [3.63, 3.8) is 0 Å². The summed E-state index contributed by atoms with van der Waals surface area (Å²) in [5, 5.41) is 3.12. The van der Waals surface area contributed by atoms with Gasteiger partial charge in [-0.1, -0.05) is 6.92 Å². The molecule has 4 nitrogen and oxygen atoms in total. The first-order chi connectivity index (χ1) is 7.72. The average molecular weight is 226 g/mol. The number of rotatable bonds is 5. The van der Waals surface area contributed by atoms with Gasteiger partial charge < -0.3 is 15.8 Å². The van der Waals surface area contributed by atoms with E-state index in [4.69, 9.17) is 10.5 Å². The monoisotopic (exact) mass is 226 g/mol. The molecule has 1 aliphatic heterocycles. The molecule has 3 unspecified atom stereocenters. The Morgan fingerprint density at radius 1 is 1.50 bits per heavy atom. The molecule has 0 bridgehead atoms. The molecule has 0 aromatic carbocycles. The number of nitrogens with two attached hydrogens (primary N) is 1. The minimum Gasteiger partial charge on any atom is -0.376 e. The Kier molecular flexibility index (Phi) is 3.82. The Labute approximate surface area is 96.9 Å². The summed E-state index contributed by atoms with van der Waals surface area (Å²) in [6.45, 7) is 3.29. The third kappa shape index (κ3) is 2.74. The van der Waals surface area contributed by atoms with Crippen LogP contribution < -0.4 is 11.1 Å². The van der Waals surface area contributed by atoms with Crippen molar-refractivity contribution in [2.24, 2.45) is 17.6 Å². The number of hydrogen-bond acceptors (Lipinski definition) is 3. The van der Waals surface area contributed by atoms with Gasteiger partial charge in [-0.15, -0.1) is 0 Å². The third-order valence-corrected chi connectivity index (χ3v) is 3.60. The molecule has 4 heteroatoms. The molecule has 1 saturated heterocycles. The van der Waals surface area contributed by atoms with Gasteiger partial charge in [0, 0.05) is 12.5 Å². The number of ether oxygens (including phenoxy) is 1. The molecule has 1 amide bonds. The first-order valence-electron chi connectivity index (χ1n) is 6.34. The first-order valence-corrected chi connectivity index (χ1v) is 6.34. The highest BCUT2D eigenvalue weighted by Crippen LogP contribution is 2.38. The second kappa shape index (κ2) is 5.15. The van der Waals surface area contributed by atoms with E-state index in [-0.39, 0.29) is 24.0 Å². The van der Waals surface area contributed by atoms with Crippen molar-refractivity contribution >= 4 is 5.91 Å². The molecule has 0 aromatic rings. The van der Waals surface area contributed by atoms with Crippen molar-refractivity contribution in [1.29, 1.82) is 0 Å². The molecule has 3 N–H and O–H groups in total. The number of amides is 1. The second-order valence-corrected chi connectivity index (χ2v) is 5.05. The van der Waals surface area contributed by atoms with Gasteiger partial charge in [-0.05, 0) is 38.1 Å². The summed E-state index contributed by atoms with van der Waals surface area (Å²) in [6.07, 6.45) is 4.51. The summed E-state index contributed by atoms with van der Waals surface area (Å²) in [7, 11) is 0. The summed E-state index contributed by atoms with van der Waals surface area (Å²) in [5.41, 5.74) is 5.46. The van der Waals surface area contributed by atoms with Gasteiger partial charge in [-0.3, -0.25) is 4.79 Å². The van der Waals surface area contributed by atoms with E-state index in [1.807, 2.05) is 6.92 Å². The van der Waals surface area contributed by atoms with Crippen LogP contribution in [0.5, 0.6) is 0 Å². The Morgan fingerprint density at radius 2 is 2.25 bits per heavy atom. The van der Waals surface area contributed by atoms with Crippen LogP contribution in [0.4, 0.5) is 0 Å². The van der Waals surface area contributed by atoms with Crippen molar-refractivity contribution in [3.05, 3.63) is 0 Å². The topological polar surface area (TPSA) is 64.4 Å². The molecule has 2 aliphatic rings. The van der Waals surface area contributed by atoms with Gasteiger partial charge in [0.05, 0.1) is 12.1 Å². The van der Waals surface area contributed by atoms with Crippen LogP contribution >= 0.6 is 0 Å². The Morgan fingerprint density at radius 3 is 2.88 bits per heavy atom. The summed E-state index contributed by atoms with van der Waals surface area (Å²) < 4.78 is 5.69. The molecule has 0 spiro atoms. The van der Waals surface area contributed by atoms with Crippen LogP contribution in [0.15, 0.2) is 0 Å².